The Labute approximate surface area is 114 Å². The van der Waals surface area contributed by atoms with Gasteiger partial charge in [-0.25, -0.2) is 0 Å². The Morgan fingerprint density at radius 3 is 2.26 bits per heavy atom. The number of carbonyl (C=O) groups excluding carboxylic acids is 1. The molecular formula is C14H20O4S. The molecule has 19 heavy (non-hydrogen) atoms. The second-order valence-corrected chi connectivity index (χ2v) is 6.05. The molecule has 0 amide bonds. The van der Waals surface area contributed by atoms with Crippen LogP contribution in [0, 0.1) is 6.92 Å². The predicted octanol–water partition coefficient (Wildman–Crippen LogP) is 2.85. The molecule has 1 rings (SSSR count). The standard InChI is InChI=1S/C14H20O4S/c1-4-6-13(15)14(5-2)18-19(16,17)12-9-7-11(3)8-10-12/h7-10,14H,4-6H2,1-3H3. The van der Waals surface area contributed by atoms with Gasteiger partial charge in [-0.15, -0.1) is 0 Å². The highest BCUT2D eigenvalue weighted by molar-refractivity contribution is 7.86. The van der Waals surface area contributed by atoms with Crippen LogP contribution in [0.5, 0.6) is 0 Å². The average Bonchev–Trinajstić information content (AvgIpc) is 2.36. The first kappa shape index (κ1) is 15.9. The summed E-state index contributed by atoms with van der Waals surface area (Å²) in [6.07, 6.45) is 0.487. The Kier molecular flexibility index (Phi) is 5.69. The zero-order valence-corrected chi connectivity index (χ0v) is 12.4. The van der Waals surface area contributed by atoms with Crippen LogP contribution < -0.4 is 0 Å². The zero-order chi connectivity index (χ0) is 14.5. The SMILES string of the molecule is CCCC(=O)C(CC)OS(=O)(=O)c1ccc(C)cc1. The molecule has 0 N–H and O–H groups in total. The minimum Gasteiger partial charge on any atom is -0.297 e. The van der Waals surface area contributed by atoms with Crippen LogP contribution in [0.2, 0.25) is 0 Å². The van der Waals surface area contributed by atoms with Crippen LogP contribution in [0.25, 0.3) is 0 Å². The molecule has 1 aromatic carbocycles. The Morgan fingerprint density at radius 1 is 1.21 bits per heavy atom. The molecule has 0 saturated heterocycles. The van der Waals surface area contributed by atoms with Gasteiger partial charge in [-0.05, 0) is 31.9 Å². The van der Waals surface area contributed by atoms with Crippen LogP contribution >= 0.6 is 0 Å². The fraction of sp³-hybridized carbons (Fsp3) is 0.500. The Hall–Kier alpha value is -1.20. The van der Waals surface area contributed by atoms with Crippen molar-refractivity contribution in [2.75, 3.05) is 0 Å². The molecular weight excluding hydrogens is 264 g/mol. The maximum Gasteiger partial charge on any atom is 0.297 e. The summed E-state index contributed by atoms with van der Waals surface area (Å²) < 4.78 is 29.1. The van der Waals surface area contributed by atoms with E-state index in [0.717, 1.165) is 5.56 Å². The van der Waals surface area contributed by atoms with E-state index in [9.17, 15) is 13.2 Å². The van der Waals surface area contributed by atoms with Gasteiger partial charge in [0.05, 0.1) is 4.90 Å². The van der Waals surface area contributed by atoms with Gasteiger partial charge in [0.2, 0.25) is 0 Å². The van der Waals surface area contributed by atoms with Crippen molar-refractivity contribution >= 4 is 15.9 Å². The van der Waals surface area contributed by atoms with E-state index >= 15 is 0 Å². The van der Waals surface area contributed by atoms with Gasteiger partial charge in [0.15, 0.2) is 5.78 Å². The maximum atomic E-state index is 12.0. The monoisotopic (exact) mass is 284 g/mol. The number of ketones is 1. The molecule has 0 fully saturated rings. The molecule has 1 unspecified atom stereocenters. The van der Waals surface area contributed by atoms with E-state index in [2.05, 4.69) is 0 Å². The molecule has 0 aliphatic heterocycles. The van der Waals surface area contributed by atoms with Crippen molar-refractivity contribution < 1.29 is 17.4 Å². The molecule has 0 heterocycles. The number of hydrogen-bond donors (Lipinski definition) is 0. The van der Waals surface area contributed by atoms with E-state index in [4.69, 9.17) is 4.18 Å². The molecule has 106 valence electrons. The molecule has 1 aromatic rings. The van der Waals surface area contributed by atoms with Crippen LogP contribution in [0.1, 0.15) is 38.7 Å². The summed E-state index contributed by atoms with van der Waals surface area (Å²) >= 11 is 0. The summed E-state index contributed by atoms with van der Waals surface area (Å²) in [4.78, 5) is 11.8. The molecule has 0 spiro atoms. The van der Waals surface area contributed by atoms with Gasteiger partial charge >= 0.3 is 0 Å². The lowest BCUT2D eigenvalue weighted by Crippen LogP contribution is -2.26. The number of benzene rings is 1. The molecule has 5 heteroatoms. The molecule has 0 radical (unpaired) electrons. The van der Waals surface area contributed by atoms with E-state index in [1.54, 1.807) is 19.1 Å². The molecule has 0 aromatic heterocycles. The quantitative estimate of drug-likeness (QED) is 0.722. The lowest BCUT2D eigenvalue weighted by atomic mass is 10.1. The minimum atomic E-state index is -3.87. The van der Waals surface area contributed by atoms with E-state index < -0.39 is 16.2 Å². The average molecular weight is 284 g/mol. The summed E-state index contributed by atoms with van der Waals surface area (Å²) in [5.74, 6) is -0.166. The van der Waals surface area contributed by atoms with Gasteiger partial charge in [-0.2, -0.15) is 8.42 Å². The van der Waals surface area contributed by atoms with Crippen molar-refractivity contribution in [2.45, 2.75) is 51.0 Å². The normalized spacial score (nSPS) is 13.2. The first-order chi connectivity index (χ1) is 8.90. The largest absolute Gasteiger partial charge is 0.297 e. The van der Waals surface area contributed by atoms with Crippen molar-refractivity contribution in [1.82, 2.24) is 0 Å². The number of aryl methyl sites for hydroxylation is 1. The Morgan fingerprint density at radius 2 is 1.79 bits per heavy atom. The Bertz CT molecular complexity index is 517. The van der Waals surface area contributed by atoms with Gasteiger partial charge in [0.1, 0.15) is 6.10 Å². The van der Waals surface area contributed by atoms with E-state index in [0.29, 0.717) is 19.3 Å². The van der Waals surface area contributed by atoms with Gasteiger partial charge in [-0.1, -0.05) is 31.5 Å². The number of rotatable bonds is 7. The molecule has 1 atom stereocenters. The van der Waals surface area contributed by atoms with Crippen molar-refractivity contribution in [2.24, 2.45) is 0 Å². The molecule has 0 aliphatic carbocycles. The molecule has 0 bridgehead atoms. The van der Waals surface area contributed by atoms with E-state index in [1.807, 2.05) is 13.8 Å². The third-order valence-corrected chi connectivity index (χ3v) is 4.11. The lowest BCUT2D eigenvalue weighted by molar-refractivity contribution is -0.125. The first-order valence-corrected chi connectivity index (χ1v) is 7.84. The summed E-state index contributed by atoms with van der Waals surface area (Å²) in [5, 5.41) is 0. The van der Waals surface area contributed by atoms with E-state index in [-0.39, 0.29) is 10.7 Å². The number of Topliss-reactive ketones (excluding diaryl/α,β-unsaturated/α-hetero) is 1. The number of carbonyl (C=O) groups is 1. The van der Waals surface area contributed by atoms with Gasteiger partial charge in [0, 0.05) is 6.42 Å². The Balaban J connectivity index is 2.89. The molecule has 4 nitrogen and oxygen atoms in total. The highest BCUT2D eigenvalue weighted by Crippen LogP contribution is 2.17. The van der Waals surface area contributed by atoms with Gasteiger partial charge in [-0.3, -0.25) is 8.98 Å². The highest BCUT2D eigenvalue weighted by Gasteiger charge is 2.25. The van der Waals surface area contributed by atoms with Crippen LogP contribution in [0.4, 0.5) is 0 Å². The van der Waals surface area contributed by atoms with Crippen LogP contribution in [0.15, 0.2) is 29.2 Å². The fourth-order valence-corrected chi connectivity index (χ4v) is 2.80. The molecule has 0 aliphatic rings. The van der Waals surface area contributed by atoms with Crippen LogP contribution in [-0.2, 0) is 19.1 Å². The van der Waals surface area contributed by atoms with Crippen molar-refractivity contribution in [3.63, 3.8) is 0 Å². The third kappa shape index (κ3) is 4.44. The first-order valence-electron chi connectivity index (χ1n) is 6.43. The predicted molar refractivity (Wildman–Crippen MR) is 73.4 cm³/mol. The maximum absolute atomic E-state index is 12.0. The summed E-state index contributed by atoms with van der Waals surface area (Å²) in [6.45, 7) is 5.48. The van der Waals surface area contributed by atoms with Crippen molar-refractivity contribution in [1.29, 1.82) is 0 Å². The smallest absolute Gasteiger partial charge is 0.297 e. The zero-order valence-electron chi connectivity index (χ0n) is 11.5. The van der Waals surface area contributed by atoms with Crippen molar-refractivity contribution in [3.05, 3.63) is 29.8 Å². The van der Waals surface area contributed by atoms with Crippen molar-refractivity contribution in [3.8, 4) is 0 Å². The summed E-state index contributed by atoms with van der Waals surface area (Å²) in [5.41, 5.74) is 0.966. The second kappa shape index (κ2) is 6.82. The number of hydrogen-bond acceptors (Lipinski definition) is 4. The topological polar surface area (TPSA) is 60.4 Å². The summed E-state index contributed by atoms with van der Waals surface area (Å²) in [7, 11) is -3.87. The van der Waals surface area contributed by atoms with Crippen LogP contribution in [0.3, 0.4) is 0 Å². The van der Waals surface area contributed by atoms with Crippen LogP contribution in [-0.4, -0.2) is 20.3 Å². The molecule has 0 saturated carbocycles. The second-order valence-electron chi connectivity index (χ2n) is 4.48. The third-order valence-electron chi connectivity index (χ3n) is 2.78. The van der Waals surface area contributed by atoms with Gasteiger partial charge in [0.25, 0.3) is 10.1 Å². The highest BCUT2D eigenvalue weighted by atomic mass is 32.2. The lowest BCUT2D eigenvalue weighted by Gasteiger charge is -2.14. The fourth-order valence-electron chi connectivity index (χ4n) is 1.67. The van der Waals surface area contributed by atoms with E-state index in [1.165, 1.54) is 12.1 Å². The minimum absolute atomic E-state index is 0.0841. The summed E-state index contributed by atoms with van der Waals surface area (Å²) in [6, 6.07) is 6.37. The van der Waals surface area contributed by atoms with Gasteiger partial charge < -0.3 is 0 Å².